The van der Waals surface area contributed by atoms with E-state index in [0.29, 0.717) is 0 Å². The zero-order chi connectivity index (χ0) is 15.5. The topological polar surface area (TPSA) is 43.6 Å². The molecule has 23 heavy (non-hydrogen) atoms. The van der Waals surface area contributed by atoms with Gasteiger partial charge in [-0.25, -0.2) is 9.97 Å². The number of para-hydroxylation sites is 1. The Kier molecular flexibility index (Phi) is 3.86. The van der Waals surface area contributed by atoms with E-state index in [1.165, 1.54) is 9.71 Å². The summed E-state index contributed by atoms with van der Waals surface area (Å²) < 4.78 is 3.45. The predicted octanol–water partition coefficient (Wildman–Crippen LogP) is 4.19. The average molecular weight is 320 g/mol. The zero-order valence-electron chi connectivity index (χ0n) is 12.6. The van der Waals surface area contributed by atoms with Crippen LogP contribution in [0.1, 0.15) is 11.4 Å². The number of fused-ring (bicyclic) bond motifs is 1. The van der Waals surface area contributed by atoms with Crippen LogP contribution in [-0.2, 0) is 13.0 Å². The van der Waals surface area contributed by atoms with Crippen molar-refractivity contribution < 1.29 is 0 Å². The summed E-state index contributed by atoms with van der Waals surface area (Å²) in [6.07, 6.45) is 9.55. The Bertz CT molecular complexity index is 878. The fourth-order valence-electron chi connectivity index (χ4n) is 2.67. The molecule has 0 bridgehead atoms. The maximum Gasteiger partial charge on any atom is 0.141 e. The largest absolute Gasteiger partial charge is 0.331 e. The van der Waals surface area contributed by atoms with Gasteiger partial charge >= 0.3 is 0 Å². The lowest BCUT2D eigenvalue weighted by molar-refractivity contribution is 0.646. The molecule has 5 heteroatoms. The molecule has 0 aliphatic rings. The van der Waals surface area contributed by atoms with Crippen molar-refractivity contribution in [1.29, 1.82) is 0 Å². The van der Waals surface area contributed by atoms with Crippen molar-refractivity contribution in [3.05, 3.63) is 66.2 Å². The minimum Gasteiger partial charge on any atom is -0.331 e. The molecule has 0 aliphatic heterocycles. The summed E-state index contributed by atoms with van der Waals surface area (Å²) in [7, 11) is 0. The van der Waals surface area contributed by atoms with Crippen molar-refractivity contribution in [3.8, 4) is 11.4 Å². The first-order chi connectivity index (χ1) is 11.4. The Hall–Kier alpha value is -2.53. The van der Waals surface area contributed by atoms with Crippen LogP contribution >= 0.6 is 11.3 Å². The molecule has 4 aromatic rings. The summed E-state index contributed by atoms with van der Waals surface area (Å²) in [6.45, 7) is 0.931. The molecule has 0 aliphatic carbocycles. The summed E-state index contributed by atoms with van der Waals surface area (Å²) in [4.78, 5) is 13.3. The normalized spacial score (nSPS) is 11.1. The van der Waals surface area contributed by atoms with Gasteiger partial charge in [-0.3, -0.25) is 4.98 Å². The van der Waals surface area contributed by atoms with E-state index in [0.717, 1.165) is 36.3 Å². The van der Waals surface area contributed by atoms with Crippen molar-refractivity contribution in [2.45, 2.75) is 19.4 Å². The molecule has 0 amide bonds. The van der Waals surface area contributed by atoms with Gasteiger partial charge < -0.3 is 4.57 Å². The second kappa shape index (κ2) is 6.30. The Morgan fingerprint density at radius 2 is 2.00 bits per heavy atom. The summed E-state index contributed by atoms with van der Waals surface area (Å²) in [5.41, 5.74) is 2.16. The highest BCUT2D eigenvalue weighted by Crippen LogP contribution is 2.23. The summed E-state index contributed by atoms with van der Waals surface area (Å²) in [6, 6.07) is 12.3. The van der Waals surface area contributed by atoms with E-state index in [2.05, 4.69) is 32.7 Å². The first-order valence-corrected chi connectivity index (χ1v) is 8.48. The van der Waals surface area contributed by atoms with Gasteiger partial charge in [-0.05, 0) is 30.7 Å². The fourth-order valence-corrected chi connectivity index (χ4v) is 3.68. The Morgan fingerprint density at radius 1 is 1.04 bits per heavy atom. The molecule has 0 atom stereocenters. The molecule has 0 saturated carbocycles. The summed E-state index contributed by atoms with van der Waals surface area (Å²) >= 11 is 1.79. The number of nitrogens with zero attached hydrogens (tertiary/aromatic N) is 4. The molecule has 0 unspecified atom stereocenters. The van der Waals surface area contributed by atoms with Crippen LogP contribution in [0.25, 0.3) is 21.6 Å². The molecule has 0 saturated heterocycles. The first-order valence-electron chi connectivity index (χ1n) is 7.66. The maximum atomic E-state index is 4.70. The van der Waals surface area contributed by atoms with Gasteiger partial charge in [0.25, 0.3) is 0 Å². The molecular weight excluding hydrogens is 304 g/mol. The number of pyridine rings is 1. The van der Waals surface area contributed by atoms with Crippen molar-refractivity contribution in [1.82, 2.24) is 19.5 Å². The molecule has 0 N–H and O–H groups in total. The third kappa shape index (κ3) is 3.00. The highest BCUT2D eigenvalue weighted by molar-refractivity contribution is 7.18. The molecular formula is C18H16N4S. The van der Waals surface area contributed by atoms with Crippen LogP contribution in [0.15, 0.2) is 61.2 Å². The Morgan fingerprint density at radius 3 is 2.87 bits per heavy atom. The number of thiazole rings is 1. The fraction of sp³-hybridized carbons (Fsp3) is 0.167. The molecule has 4 rings (SSSR count). The van der Waals surface area contributed by atoms with Gasteiger partial charge in [-0.1, -0.05) is 12.1 Å². The highest BCUT2D eigenvalue weighted by atomic mass is 32.1. The van der Waals surface area contributed by atoms with Crippen molar-refractivity contribution in [3.63, 3.8) is 0 Å². The van der Waals surface area contributed by atoms with Gasteiger partial charge in [-0.15, -0.1) is 11.3 Å². The third-order valence-electron chi connectivity index (χ3n) is 3.76. The van der Waals surface area contributed by atoms with Crippen LogP contribution in [0.3, 0.4) is 0 Å². The third-order valence-corrected chi connectivity index (χ3v) is 4.86. The summed E-state index contributed by atoms with van der Waals surface area (Å²) in [5.74, 6) is 0.974. The van der Waals surface area contributed by atoms with E-state index in [-0.39, 0.29) is 0 Å². The SMILES string of the molecule is c1cncc(-c2nccn2CCCc2nc3ccccc3s2)c1. The van der Waals surface area contributed by atoms with Crippen LogP contribution in [0, 0.1) is 0 Å². The number of imidazole rings is 1. The first kappa shape index (κ1) is 14.1. The molecule has 114 valence electrons. The van der Waals surface area contributed by atoms with Gasteiger partial charge in [0, 0.05) is 43.3 Å². The number of benzene rings is 1. The molecule has 3 aromatic heterocycles. The van der Waals surface area contributed by atoms with E-state index in [1.54, 1.807) is 17.5 Å². The number of hydrogen-bond donors (Lipinski definition) is 0. The molecule has 0 fully saturated rings. The second-order valence-corrected chi connectivity index (χ2v) is 6.48. The summed E-state index contributed by atoms with van der Waals surface area (Å²) in [5, 5.41) is 1.20. The Labute approximate surface area is 138 Å². The lowest BCUT2D eigenvalue weighted by atomic mass is 10.2. The van der Waals surface area contributed by atoms with E-state index in [9.17, 15) is 0 Å². The van der Waals surface area contributed by atoms with E-state index in [4.69, 9.17) is 4.98 Å². The number of hydrogen-bond acceptors (Lipinski definition) is 4. The van der Waals surface area contributed by atoms with Crippen molar-refractivity contribution in [2.24, 2.45) is 0 Å². The van der Waals surface area contributed by atoms with Gasteiger partial charge in [0.05, 0.1) is 15.2 Å². The lowest BCUT2D eigenvalue weighted by Crippen LogP contribution is -2.01. The van der Waals surface area contributed by atoms with Gasteiger partial charge in [0.2, 0.25) is 0 Å². The number of aromatic nitrogens is 4. The second-order valence-electron chi connectivity index (χ2n) is 5.36. The highest BCUT2D eigenvalue weighted by Gasteiger charge is 2.07. The van der Waals surface area contributed by atoms with Crippen LogP contribution in [0.2, 0.25) is 0 Å². The van der Waals surface area contributed by atoms with Crippen LogP contribution in [-0.4, -0.2) is 19.5 Å². The smallest absolute Gasteiger partial charge is 0.141 e. The molecule has 1 aromatic carbocycles. The van der Waals surface area contributed by atoms with Crippen LogP contribution in [0.4, 0.5) is 0 Å². The van der Waals surface area contributed by atoms with Crippen molar-refractivity contribution >= 4 is 21.6 Å². The van der Waals surface area contributed by atoms with Crippen LogP contribution < -0.4 is 0 Å². The minimum absolute atomic E-state index is 0.931. The molecule has 3 heterocycles. The predicted molar refractivity (Wildman–Crippen MR) is 93.4 cm³/mol. The molecule has 0 radical (unpaired) electrons. The lowest BCUT2D eigenvalue weighted by Gasteiger charge is -2.06. The van der Waals surface area contributed by atoms with Gasteiger partial charge in [-0.2, -0.15) is 0 Å². The van der Waals surface area contributed by atoms with Crippen molar-refractivity contribution in [2.75, 3.05) is 0 Å². The van der Waals surface area contributed by atoms with Gasteiger partial charge in [0.15, 0.2) is 0 Å². The number of aryl methyl sites for hydroxylation is 2. The van der Waals surface area contributed by atoms with E-state index < -0.39 is 0 Å². The van der Waals surface area contributed by atoms with E-state index in [1.807, 2.05) is 36.8 Å². The number of rotatable bonds is 5. The standard InChI is InChI=1S/C18H16N4S/c1-2-7-16-15(6-1)21-17(23-16)8-4-11-22-12-10-20-18(22)14-5-3-9-19-13-14/h1-3,5-7,9-10,12-13H,4,8,11H2. The quantitative estimate of drug-likeness (QED) is 0.554. The van der Waals surface area contributed by atoms with E-state index >= 15 is 0 Å². The van der Waals surface area contributed by atoms with Crippen LogP contribution in [0.5, 0.6) is 0 Å². The molecule has 0 spiro atoms. The average Bonchev–Trinajstić information content (AvgIpc) is 3.22. The Balaban J connectivity index is 1.45. The zero-order valence-corrected chi connectivity index (χ0v) is 13.4. The van der Waals surface area contributed by atoms with Gasteiger partial charge in [0.1, 0.15) is 5.82 Å². The molecule has 4 nitrogen and oxygen atoms in total. The maximum absolute atomic E-state index is 4.70. The minimum atomic E-state index is 0.931. The monoisotopic (exact) mass is 320 g/mol.